The van der Waals surface area contributed by atoms with Gasteiger partial charge in [0.05, 0.1) is 18.5 Å². The SMILES string of the molecule is C[C@@H]1CCCCN1CCN1C(=O)c2ccc(-c3ccco3)n2C[C@@]1(C)C(=O)NC1CCCCCCC1. The Hall–Kier alpha value is -2.54. The summed E-state index contributed by atoms with van der Waals surface area (Å²) in [5.41, 5.74) is 0.508. The highest BCUT2D eigenvalue weighted by Gasteiger charge is 2.48. The predicted molar refractivity (Wildman–Crippen MR) is 141 cm³/mol. The van der Waals surface area contributed by atoms with E-state index in [-0.39, 0.29) is 17.9 Å². The van der Waals surface area contributed by atoms with Gasteiger partial charge in [0.15, 0.2) is 0 Å². The Bertz CT molecular complexity index is 1040. The first-order chi connectivity index (χ1) is 17.5. The van der Waals surface area contributed by atoms with E-state index in [1.807, 2.05) is 40.7 Å². The van der Waals surface area contributed by atoms with Crippen molar-refractivity contribution in [1.29, 1.82) is 0 Å². The summed E-state index contributed by atoms with van der Waals surface area (Å²) in [5, 5.41) is 3.39. The maximum absolute atomic E-state index is 14.0. The smallest absolute Gasteiger partial charge is 0.271 e. The molecule has 4 heterocycles. The molecule has 2 atom stereocenters. The van der Waals surface area contributed by atoms with Crippen LogP contribution >= 0.6 is 0 Å². The van der Waals surface area contributed by atoms with Crippen LogP contribution in [0.1, 0.15) is 88.5 Å². The molecule has 3 aliphatic rings. The van der Waals surface area contributed by atoms with E-state index in [1.54, 1.807) is 6.26 Å². The summed E-state index contributed by atoms with van der Waals surface area (Å²) in [6.07, 6.45) is 13.4. The third kappa shape index (κ3) is 4.99. The van der Waals surface area contributed by atoms with E-state index in [2.05, 4.69) is 17.1 Å². The Morgan fingerprint density at radius 2 is 1.72 bits per heavy atom. The van der Waals surface area contributed by atoms with E-state index in [4.69, 9.17) is 4.42 Å². The summed E-state index contributed by atoms with van der Waals surface area (Å²) in [5.74, 6) is 0.615. The monoisotopic (exact) mass is 494 g/mol. The number of nitrogens with zero attached hydrogens (tertiary/aromatic N) is 3. The molecule has 1 saturated carbocycles. The van der Waals surface area contributed by atoms with Crippen LogP contribution in [-0.4, -0.2) is 63.4 Å². The third-order valence-corrected chi connectivity index (χ3v) is 8.76. The molecule has 2 aromatic heterocycles. The number of carbonyl (C=O) groups excluding carboxylic acids is 2. The lowest BCUT2D eigenvalue weighted by molar-refractivity contribution is -0.134. The average Bonchev–Trinajstić information content (AvgIpc) is 3.51. The van der Waals surface area contributed by atoms with Gasteiger partial charge in [0.2, 0.25) is 5.91 Å². The first-order valence-electron chi connectivity index (χ1n) is 14.1. The Labute approximate surface area is 215 Å². The lowest BCUT2D eigenvalue weighted by Gasteiger charge is -2.46. The summed E-state index contributed by atoms with van der Waals surface area (Å²) in [4.78, 5) is 32.3. The second kappa shape index (κ2) is 10.8. The fraction of sp³-hybridized carbons (Fsp3) is 0.655. The van der Waals surface area contributed by atoms with E-state index in [0.717, 1.165) is 44.5 Å². The zero-order chi connectivity index (χ0) is 25.1. The number of furan rings is 1. The van der Waals surface area contributed by atoms with Crippen molar-refractivity contribution in [3.63, 3.8) is 0 Å². The van der Waals surface area contributed by atoms with E-state index < -0.39 is 5.54 Å². The molecule has 1 saturated heterocycles. The van der Waals surface area contributed by atoms with Crippen molar-refractivity contribution in [2.75, 3.05) is 19.6 Å². The molecule has 0 bridgehead atoms. The van der Waals surface area contributed by atoms with Gasteiger partial charge in [-0.2, -0.15) is 0 Å². The van der Waals surface area contributed by atoms with Crippen LogP contribution in [0.4, 0.5) is 0 Å². The van der Waals surface area contributed by atoms with Gasteiger partial charge in [-0.25, -0.2) is 0 Å². The van der Waals surface area contributed by atoms with E-state index >= 15 is 0 Å². The second-order valence-corrected chi connectivity index (χ2v) is 11.3. The van der Waals surface area contributed by atoms with Crippen LogP contribution < -0.4 is 5.32 Å². The Kier molecular flexibility index (Phi) is 7.56. The molecule has 36 heavy (non-hydrogen) atoms. The van der Waals surface area contributed by atoms with E-state index in [0.29, 0.717) is 30.6 Å². The Morgan fingerprint density at radius 1 is 1.00 bits per heavy atom. The molecule has 7 heteroatoms. The molecular formula is C29H42N4O3. The molecular weight excluding hydrogens is 452 g/mol. The van der Waals surface area contributed by atoms with Crippen molar-refractivity contribution in [2.45, 2.75) is 102 Å². The minimum absolute atomic E-state index is 0.0298. The molecule has 5 rings (SSSR count). The molecule has 196 valence electrons. The molecule has 1 N–H and O–H groups in total. The lowest BCUT2D eigenvalue weighted by Crippen LogP contribution is -2.66. The summed E-state index contributed by atoms with van der Waals surface area (Å²) >= 11 is 0. The van der Waals surface area contributed by atoms with Gasteiger partial charge < -0.3 is 19.2 Å². The van der Waals surface area contributed by atoms with E-state index in [9.17, 15) is 9.59 Å². The number of hydrogen-bond donors (Lipinski definition) is 1. The van der Waals surface area contributed by atoms with Gasteiger partial charge in [-0.15, -0.1) is 0 Å². The fourth-order valence-electron chi connectivity index (χ4n) is 6.42. The van der Waals surface area contributed by atoms with Crippen LogP contribution in [0.3, 0.4) is 0 Å². The van der Waals surface area contributed by atoms with Crippen LogP contribution in [0.25, 0.3) is 11.5 Å². The summed E-state index contributed by atoms with van der Waals surface area (Å²) in [7, 11) is 0. The van der Waals surface area contributed by atoms with Crippen LogP contribution in [0.5, 0.6) is 0 Å². The van der Waals surface area contributed by atoms with Crippen molar-refractivity contribution < 1.29 is 14.0 Å². The number of aromatic nitrogens is 1. The number of nitrogens with one attached hydrogen (secondary N) is 1. The molecule has 2 fully saturated rings. The lowest BCUT2D eigenvalue weighted by atomic mass is 9.92. The normalized spacial score (nSPS) is 26.3. The zero-order valence-corrected chi connectivity index (χ0v) is 22.0. The van der Waals surface area contributed by atoms with Gasteiger partial charge in [0.1, 0.15) is 17.0 Å². The van der Waals surface area contributed by atoms with Gasteiger partial charge in [0, 0.05) is 25.2 Å². The minimum Gasteiger partial charge on any atom is -0.463 e. The first-order valence-corrected chi connectivity index (χ1v) is 14.1. The highest BCUT2D eigenvalue weighted by atomic mass is 16.3. The summed E-state index contributed by atoms with van der Waals surface area (Å²) < 4.78 is 7.65. The maximum atomic E-state index is 14.0. The number of piperidine rings is 1. The number of rotatable bonds is 6. The molecule has 0 radical (unpaired) electrons. The standard InChI is InChI=1S/C29H42N4O3/c1-22-11-8-9-17-31(22)18-19-33-27(34)25-16-15-24(26-14-10-20-36-26)32(25)21-29(33,2)28(35)30-23-12-6-4-3-5-7-13-23/h10,14-16,20,22-23H,3-9,11-13,17-19,21H2,1-2H3,(H,30,35)/t22-,29+/m1/s1. The number of amides is 2. The zero-order valence-electron chi connectivity index (χ0n) is 22.0. The van der Waals surface area contributed by atoms with Gasteiger partial charge in [0.25, 0.3) is 5.91 Å². The van der Waals surface area contributed by atoms with Crippen molar-refractivity contribution in [1.82, 2.24) is 19.7 Å². The number of fused-ring (bicyclic) bond motifs is 1. The average molecular weight is 495 g/mol. The molecule has 1 aliphatic carbocycles. The molecule has 0 spiro atoms. The third-order valence-electron chi connectivity index (χ3n) is 8.76. The summed E-state index contributed by atoms with van der Waals surface area (Å²) in [6.45, 7) is 7.07. The molecule has 7 nitrogen and oxygen atoms in total. The Morgan fingerprint density at radius 3 is 2.44 bits per heavy atom. The summed E-state index contributed by atoms with van der Waals surface area (Å²) in [6, 6.07) is 8.28. The second-order valence-electron chi connectivity index (χ2n) is 11.3. The molecule has 0 aromatic carbocycles. The highest BCUT2D eigenvalue weighted by Crippen LogP contribution is 2.34. The number of likely N-dealkylation sites (tertiary alicyclic amines) is 1. The van der Waals surface area contributed by atoms with Crippen LogP contribution in [0.2, 0.25) is 0 Å². The maximum Gasteiger partial charge on any atom is 0.271 e. The predicted octanol–water partition coefficient (Wildman–Crippen LogP) is 5.07. The van der Waals surface area contributed by atoms with Crippen LogP contribution in [0, 0.1) is 0 Å². The van der Waals surface area contributed by atoms with Gasteiger partial charge in [-0.3, -0.25) is 14.5 Å². The molecule has 0 unspecified atom stereocenters. The molecule has 2 aliphatic heterocycles. The van der Waals surface area contributed by atoms with Crippen LogP contribution in [0.15, 0.2) is 34.9 Å². The quantitative estimate of drug-likeness (QED) is 0.609. The Balaban J connectivity index is 1.42. The van der Waals surface area contributed by atoms with E-state index in [1.165, 1.54) is 38.5 Å². The van der Waals surface area contributed by atoms with Crippen molar-refractivity contribution >= 4 is 11.8 Å². The van der Waals surface area contributed by atoms with Crippen LogP contribution in [-0.2, 0) is 11.3 Å². The topological polar surface area (TPSA) is 70.7 Å². The minimum atomic E-state index is -0.966. The highest BCUT2D eigenvalue weighted by molar-refractivity contribution is 6.00. The number of hydrogen-bond acceptors (Lipinski definition) is 4. The molecule has 2 aromatic rings. The largest absolute Gasteiger partial charge is 0.463 e. The van der Waals surface area contributed by atoms with Gasteiger partial charge in [-0.05, 0) is 70.3 Å². The van der Waals surface area contributed by atoms with Crippen molar-refractivity contribution in [2.24, 2.45) is 0 Å². The molecule has 2 amide bonds. The van der Waals surface area contributed by atoms with Gasteiger partial charge >= 0.3 is 0 Å². The van der Waals surface area contributed by atoms with Crippen molar-refractivity contribution in [3.05, 3.63) is 36.2 Å². The first kappa shape index (κ1) is 25.1. The fourth-order valence-corrected chi connectivity index (χ4v) is 6.42. The van der Waals surface area contributed by atoms with Gasteiger partial charge in [-0.1, -0.05) is 38.5 Å². The number of carbonyl (C=O) groups is 2. The van der Waals surface area contributed by atoms with Crippen molar-refractivity contribution in [3.8, 4) is 11.5 Å².